The third-order valence-electron chi connectivity index (χ3n) is 0.450. The van der Waals surface area contributed by atoms with Crippen molar-refractivity contribution in [2.24, 2.45) is 5.84 Å². The van der Waals surface area contributed by atoms with Crippen molar-refractivity contribution in [1.29, 1.82) is 0 Å². The number of hydrazine groups is 1. The van der Waals surface area contributed by atoms with Gasteiger partial charge in [0.15, 0.2) is 0 Å². The lowest BCUT2D eigenvalue weighted by molar-refractivity contribution is 0.956. The maximum absolute atomic E-state index is 4.88. The molecule has 0 saturated carbocycles. The first-order valence-corrected chi connectivity index (χ1v) is 2.03. The smallest absolute Gasteiger partial charge is 0.00825 e. The first kappa shape index (κ1) is 5.50. The van der Waals surface area contributed by atoms with Crippen LogP contribution in [0.25, 0.3) is 0 Å². The van der Waals surface area contributed by atoms with Gasteiger partial charge in [0.25, 0.3) is 0 Å². The zero-order valence-electron chi connectivity index (χ0n) is 3.94. The Bertz CT molecular complexity index is 34.8. The number of hydrogen-bond acceptors (Lipinski definition) is 2. The Kier molecular flexibility index (Phi) is 4.12. The Morgan fingerprint density at radius 2 is 2.50 bits per heavy atom. The van der Waals surface area contributed by atoms with Crippen LogP contribution in [0.5, 0.6) is 0 Å². The molecule has 2 nitrogen and oxygen atoms in total. The van der Waals surface area contributed by atoms with Crippen molar-refractivity contribution in [1.82, 2.24) is 5.43 Å². The predicted molar refractivity (Wildman–Crippen MR) is 26.8 cm³/mol. The van der Waals surface area contributed by atoms with Crippen LogP contribution in [0.2, 0.25) is 0 Å². The van der Waals surface area contributed by atoms with Crippen molar-refractivity contribution in [3.05, 3.63) is 12.3 Å². The summed E-state index contributed by atoms with van der Waals surface area (Å²) in [6.07, 6.45) is 4.68. The van der Waals surface area contributed by atoms with Gasteiger partial charge in [-0.3, -0.25) is 5.84 Å². The van der Waals surface area contributed by atoms with Gasteiger partial charge in [0.05, 0.1) is 0 Å². The van der Waals surface area contributed by atoms with Crippen LogP contribution in [0, 0.1) is 0 Å². The van der Waals surface area contributed by atoms with E-state index in [-0.39, 0.29) is 0 Å². The molecule has 0 bridgehead atoms. The number of nitrogens with one attached hydrogen (secondary N) is 1. The fourth-order valence-electron chi connectivity index (χ4n) is 0.186. The first-order valence-electron chi connectivity index (χ1n) is 2.03. The second-order valence-electron chi connectivity index (χ2n) is 0.977. The van der Waals surface area contributed by atoms with E-state index in [1.807, 2.05) is 13.0 Å². The molecule has 2 heteroatoms. The van der Waals surface area contributed by atoms with Gasteiger partial charge >= 0.3 is 0 Å². The average Bonchev–Trinajstić information content (AvgIpc) is 1.61. The molecule has 0 aliphatic carbocycles. The van der Waals surface area contributed by atoms with E-state index in [4.69, 9.17) is 5.84 Å². The Balaban J connectivity index is 2.73. The molecule has 0 rings (SSSR count). The van der Waals surface area contributed by atoms with Crippen molar-refractivity contribution in [2.75, 3.05) is 0 Å². The van der Waals surface area contributed by atoms with Gasteiger partial charge in [0.2, 0.25) is 0 Å². The van der Waals surface area contributed by atoms with Gasteiger partial charge in [-0.15, -0.1) is 0 Å². The van der Waals surface area contributed by atoms with Crippen LogP contribution in [0.3, 0.4) is 0 Å². The second-order valence-corrected chi connectivity index (χ2v) is 0.977. The molecule has 0 unspecified atom stereocenters. The van der Waals surface area contributed by atoms with E-state index < -0.39 is 0 Å². The average molecular weight is 86.1 g/mol. The quantitative estimate of drug-likeness (QED) is 0.376. The molecular formula is C4H10N2. The molecule has 0 aliphatic rings. The largest absolute Gasteiger partial charge is 0.332 e. The lowest BCUT2D eigenvalue weighted by atomic mass is 10.5. The van der Waals surface area contributed by atoms with Crippen molar-refractivity contribution in [2.45, 2.75) is 13.3 Å². The topological polar surface area (TPSA) is 38.0 Å². The van der Waals surface area contributed by atoms with Crippen LogP contribution in [-0.2, 0) is 0 Å². The lowest BCUT2D eigenvalue weighted by Gasteiger charge is -1.79. The highest BCUT2D eigenvalue weighted by Crippen LogP contribution is 1.71. The molecular weight excluding hydrogens is 76.1 g/mol. The molecule has 0 aromatic rings. The summed E-state index contributed by atoms with van der Waals surface area (Å²) in [6, 6.07) is 0. The predicted octanol–water partition coefficient (Wildman–Crippen LogP) is 0.373. The van der Waals surface area contributed by atoms with Crippen molar-refractivity contribution >= 4 is 0 Å². The third-order valence-corrected chi connectivity index (χ3v) is 0.450. The van der Waals surface area contributed by atoms with Gasteiger partial charge in [-0.2, -0.15) is 0 Å². The Morgan fingerprint density at radius 3 is 2.67 bits per heavy atom. The summed E-state index contributed by atoms with van der Waals surface area (Å²) in [6.45, 7) is 2.05. The zero-order chi connectivity index (χ0) is 4.83. The number of allylic oxidation sites excluding steroid dienone is 1. The Labute approximate surface area is 38.0 Å². The van der Waals surface area contributed by atoms with Gasteiger partial charge < -0.3 is 5.43 Å². The van der Waals surface area contributed by atoms with E-state index in [2.05, 4.69) is 5.43 Å². The number of nitrogens with two attached hydrogens (primary N) is 1. The fourth-order valence-corrected chi connectivity index (χ4v) is 0.186. The summed E-state index contributed by atoms with van der Waals surface area (Å²) in [5.74, 6) is 4.88. The van der Waals surface area contributed by atoms with Gasteiger partial charge in [0.1, 0.15) is 0 Å². The molecule has 0 amide bonds. The molecule has 0 fully saturated rings. The van der Waals surface area contributed by atoms with Crippen LogP contribution >= 0.6 is 0 Å². The highest BCUT2D eigenvalue weighted by molar-refractivity contribution is 4.74. The minimum Gasteiger partial charge on any atom is -0.332 e. The van der Waals surface area contributed by atoms with Crippen LogP contribution in [0.15, 0.2) is 12.3 Å². The summed E-state index contributed by atoms with van der Waals surface area (Å²) >= 11 is 0. The monoisotopic (exact) mass is 86.1 g/mol. The van der Waals surface area contributed by atoms with Crippen LogP contribution in [0.4, 0.5) is 0 Å². The standard InChI is InChI=1S/C4H10N2/c1-2-3-4-6-5/h3-4,6H,2,5H2,1H3. The summed E-state index contributed by atoms with van der Waals surface area (Å²) in [5, 5.41) is 0. The Morgan fingerprint density at radius 1 is 1.83 bits per heavy atom. The maximum atomic E-state index is 4.88. The molecule has 6 heavy (non-hydrogen) atoms. The minimum absolute atomic E-state index is 1.03. The van der Waals surface area contributed by atoms with Crippen LogP contribution in [-0.4, -0.2) is 0 Å². The summed E-state index contributed by atoms with van der Waals surface area (Å²) < 4.78 is 0. The first-order chi connectivity index (χ1) is 2.91. The molecule has 0 heterocycles. The molecule has 0 radical (unpaired) electrons. The molecule has 3 N–H and O–H groups in total. The lowest BCUT2D eigenvalue weighted by Crippen LogP contribution is -2.12. The van der Waals surface area contributed by atoms with Gasteiger partial charge in [0, 0.05) is 6.20 Å². The van der Waals surface area contributed by atoms with E-state index in [1.165, 1.54) is 0 Å². The molecule has 0 atom stereocenters. The third kappa shape index (κ3) is 3.50. The molecule has 0 aromatic carbocycles. The molecule has 0 spiro atoms. The minimum atomic E-state index is 1.03. The molecule has 0 saturated heterocycles. The van der Waals surface area contributed by atoms with Gasteiger partial charge in [-0.05, 0) is 6.42 Å². The highest BCUT2D eigenvalue weighted by atomic mass is 15.2. The highest BCUT2D eigenvalue weighted by Gasteiger charge is 1.57. The number of hydrogen-bond donors (Lipinski definition) is 2. The molecule has 36 valence electrons. The van der Waals surface area contributed by atoms with Crippen LogP contribution < -0.4 is 11.3 Å². The van der Waals surface area contributed by atoms with E-state index in [9.17, 15) is 0 Å². The molecule has 0 aliphatic heterocycles. The second kappa shape index (κ2) is 4.50. The SMILES string of the molecule is CCC=CNN. The van der Waals surface area contributed by atoms with Gasteiger partial charge in [-0.25, -0.2) is 0 Å². The van der Waals surface area contributed by atoms with Crippen LogP contribution in [0.1, 0.15) is 13.3 Å². The molecule has 0 aromatic heterocycles. The fraction of sp³-hybridized carbons (Fsp3) is 0.500. The van der Waals surface area contributed by atoms with E-state index in [0.29, 0.717) is 0 Å². The number of rotatable bonds is 2. The normalized spacial score (nSPS) is 9.67. The van der Waals surface area contributed by atoms with Crippen molar-refractivity contribution in [3.63, 3.8) is 0 Å². The van der Waals surface area contributed by atoms with E-state index in [1.54, 1.807) is 6.20 Å². The van der Waals surface area contributed by atoms with E-state index in [0.717, 1.165) is 6.42 Å². The summed E-state index contributed by atoms with van der Waals surface area (Å²) in [7, 11) is 0. The maximum Gasteiger partial charge on any atom is 0.00825 e. The van der Waals surface area contributed by atoms with Gasteiger partial charge in [-0.1, -0.05) is 13.0 Å². The van der Waals surface area contributed by atoms with E-state index >= 15 is 0 Å². The zero-order valence-corrected chi connectivity index (χ0v) is 3.94. The van der Waals surface area contributed by atoms with Crippen molar-refractivity contribution in [3.8, 4) is 0 Å². The summed E-state index contributed by atoms with van der Waals surface area (Å²) in [4.78, 5) is 0. The van der Waals surface area contributed by atoms with Crippen molar-refractivity contribution < 1.29 is 0 Å². The summed E-state index contributed by atoms with van der Waals surface area (Å²) in [5.41, 5.74) is 2.39. The Hall–Kier alpha value is -0.500.